The summed E-state index contributed by atoms with van der Waals surface area (Å²) in [4.78, 5) is 25.2. The van der Waals surface area contributed by atoms with E-state index in [0.29, 0.717) is 11.4 Å². The Kier molecular flexibility index (Phi) is 2.90. The van der Waals surface area contributed by atoms with Gasteiger partial charge in [0.1, 0.15) is 5.75 Å². The van der Waals surface area contributed by atoms with Gasteiger partial charge in [0.15, 0.2) is 11.9 Å². The lowest BCUT2D eigenvalue weighted by Crippen LogP contribution is -2.49. The fourth-order valence-electron chi connectivity index (χ4n) is 2.11. The normalized spacial score (nSPS) is 17.2. The van der Waals surface area contributed by atoms with Gasteiger partial charge in [-0.1, -0.05) is 12.1 Å². The van der Waals surface area contributed by atoms with E-state index < -0.39 is 12.0 Å². The highest BCUT2D eigenvalue weighted by Crippen LogP contribution is 2.33. The predicted molar refractivity (Wildman–Crippen MR) is 70.4 cm³/mol. The molecule has 20 heavy (non-hydrogen) atoms. The van der Waals surface area contributed by atoms with Crippen molar-refractivity contribution in [2.45, 2.75) is 6.10 Å². The van der Waals surface area contributed by atoms with E-state index >= 15 is 0 Å². The lowest BCUT2D eigenvalue weighted by atomic mass is 10.1. The van der Waals surface area contributed by atoms with Crippen LogP contribution in [0.5, 0.6) is 5.75 Å². The summed E-state index contributed by atoms with van der Waals surface area (Å²) in [5, 5.41) is 0. The number of primary amides is 1. The van der Waals surface area contributed by atoms with E-state index in [1.807, 2.05) is 0 Å². The van der Waals surface area contributed by atoms with Crippen molar-refractivity contribution in [2.75, 3.05) is 11.4 Å². The summed E-state index contributed by atoms with van der Waals surface area (Å²) in [5.41, 5.74) is 5.87. The van der Waals surface area contributed by atoms with Crippen LogP contribution in [0.4, 0.5) is 5.69 Å². The Hall–Kier alpha value is -2.76. The van der Waals surface area contributed by atoms with Crippen LogP contribution in [-0.4, -0.2) is 24.5 Å². The van der Waals surface area contributed by atoms with Crippen LogP contribution in [0.3, 0.4) is 0 Å². The van der Waals surface area contributed by atoms with Crippen molar-refractivity contribution in [1.82, 2.24) is 0 Å². The van der Waals surface area contributed by atoms with Crippen molar-refractivity contribution < 1.29 is 18.7 Å². The molecule has 1 aromatic heterocycles. The number of amides is 2. The molecular formula is C14H12N2O4. The molecule has 2 N–H and O–H groups in total. The molecular weight excluding hydrogens is 260 g/mol. The van der Waals surface area contributed by atoms with Crippen LogP contribution in [0, 0.1) is 0 Å². The summed E-state index contributed by atoms with van der Waals surface area (Å²) in [6.45, 7) is 0.0614. The van der Waals surface area contributed by atoms with Crippen LogP contribution >= 0.6 is 0 Å². The van der Waals surface area contributed by atoms with Crippen LogP contribution in [0.15, 0.2) is 47.1 Å². The minimum atomic E-state index is -0.871. The SMILES string of the molecule is NC(=O)C1CN(C(=O)c2ccco2)c2ccccc2O1. The molecule has 6 nitrogen and oxygen atoms in total. The van der Waals surface area contributed by atoms with Gasteiger partial charge in [-0.2, -0.15) is 0 Å². The monoisotopic (exact) mass is 272 g/mol. The third-order valence-corrected chi connectivity index (χ3v) is 3.07. The van der Waals surface area contributed by atoms with Crippen molar-refractivity contribution in [3.8, 4) is 5.75 Å². The quantitative estimate of drug-likeness (QED) is 0.889. The Balaban J connectivity index is 2.01. The van der Waals surface area contributed by atoms with E-state index in [1.54, 1.807) is 36.4 Å². The molecule has 1 aromatic carbocycles. The molecule has 2 heterocycles. The van der Waals surface area contributed by atoms with E-state index in [4.69, 9.17) is 14.9 Å². The number of benzene rings is 1. The molecule has 102 valence electrons. The average Bonchev–Trinajstić information content (AvgIpc) is 2.99. The number of nitrogens with two attached hydrogens (primary N) is 1. The number of ether oxygens (including phenoxy) is 1. The first-order valence-corrected chi connectivity index (χ1v) is 6.07. The topological polar surface area (TPSA) is 85.8 Å². The molecule has 0 aliphatic carbocycles. The Morgan fingerprint density at radius 1 is 1.20 bits per heavy atom. The van der Waals surface area contributed by atoms with Crippen LogP contribution in [0.1, 0.15) is 10.6 Å². The lowest BCUT2D eigenvalue weighted by Gasteiger charge is -2.32. The van der Waals surface area contributed by atoms with E-state index in [9.17, 15) is 9.59 Å². The molecule has 0 bridgehead atoms. The smallest absolute Gasteiger partial charge is 0.294 e. The van der Waals surface area contributed by atoms with Crippen molar-refractivity contribution in [3.05, 3.63) is 48.4 Å². The lowest BCUT2D eigenvalue weighted by molar-refractivity contribution is -0.124. The molecule has 0 fully saturated rings. The maximum atomic E-state index is 12.4. The first-order valence-electron chi connectivity index (χ1n) is 6.07. The third-order valence-electron chi connectivity index (χ3n) is 3.07. The number of anilines is 1. The largest absolute Gasteiger partial charge is 0.477 e. The summed E-state index contributed by atoms with van der Waals surface area (Å²) in [7, 11) is 0. The number of furan rings is 1. The van der Waals surface area contributed by atoms with Crippen LogP contribution in [0.25, 0.3) is 0 Å². The molecule has 0 spiro atoms. The number of hydrogen-bond donors (Lipinski definition) is 1. The minimum absolute atomic E-state index is 0.0614. The molecule has 3 rings (SSSR count). The second kappa shape index (κ2) is 4.73. The fraction of sp³-hybridized carbons (Fsp3) is 0.143. The molecule has 6 heteroatoms. The van der Waals surface area contributed by atoms with Crippen LogP contribution in [-0.2, 0) is 4.79 Å². The Labute approximate surface area is 114 Å². The van der Waals surface area contributed by atoms with Crippen molar-refractivity contribution in [1.29, 1.82) is 0 Å². The standard InChI is InChI=1S/C14H12N2O4/c15-13(17)12-8-16(14(18)11-6-3-7-19-11)9-4-1-2-5-10(9)20-12/h1-7,12H,8H2,(H2,15,17). The highest BCUT2D eigenvalue weighted by atomic mass is 16.5. The Morgan fingerprint density at radius 2 is 2.00 bits per heavy atom. The van der Waals surface area contributed by atoms with Crippen LogP contribution < -0.4 is 15.4 Å². The Morgan fingerprint density at radius 3 is 2.70 bits per heavy atom. The predicted octanol–water partition coefficient (Wildman–Crippen LogP) is 1.17. The highest BCUT2D eigenvalue weighted by molar-refractivity contribution is 6.06. The van der Waals surface area contributed by atoms with Crippen molar-refractivity contribution in [2.24, 2.45) is 5.73 Å². The van der Waals surface area contributed by atoms with Gasteiger partial charge < -0.3 is 14.9 Å². The zero-order valence-electron chi connectivity index (χ0n) is 10.5. The van der Waals surface area contributed by atoms with Crippen molar-refractivity contribution >= 4 is 17.5 Å². The molecule has 1 unspecified atom stereocenters. The number of carbonyl (C=O) groups excluding carboxylic acids is 2. The van der Waals surface area contributed by atoms with Gasteiger partial charge in [0.05, 0.1) is 18.5 Å². The maximum Gasteiger partial charge on any atom is 0.294 e. The summed E-state index contributed by atoms with van der Waals surface area (Å²) >= 11 is 0. The minimum Gasteiger partial charge on any atom is -0.477 e. The number of fused-ring (bicyclic) bond motifs is 1. The molecule has 0 radical (unpaired) electrons. The van der Waals surface area contributed by atoms with Gasteiger partial charge in [-0.15, -0.1) is 0 Å². The van der Waals surface area contributed by atoms with E-state index in [0.717, 1.165) is 0 Å². The first kappa shape index (κ1) is 12.3. The Bertz CT molecular complexity index is 651. The molecule has 2 aromatic rings. The number of rotatable bonds is 2. The zero-order chi connectivity index (χ0) is 14.1. The fourth-order valence-corrected chi connectivity index (χ4v) is 2.11. The third kappa shape index (κ3) is 2.01. The van der Waals surface area contributed by atoms with Gasteiger partial charge >= 0.3 is 0 Å². The number of carbonyl (C=O) groups is 2. The van der Waals surface area contributed by atoms with E-state index in [1.165, 1.54) is 11.2 Å². The van der Waals surface area contributed by atoms with Crippen molar-refractivity contribution in [3.63, 3.8) is 0 Å². The summed E-state index contributed by atoms with van der Waals surface area (Å²) < 4.78 is 10.6. The number of para-hydroxylation sites is 2. The van der Waals surface area contributed by atoms with E-state index in [-0.39, 0.29) is 18.2 Å². The zero-order valence-corrected chi connectivity index (χ0v) is 10.5. The van der Waals surface area contributed by atoms with Gasteiger partial charge in [-0.25, -0.2) is 0 Å². The molecule has 0 saturated heterocycles. The second-order valence-electron chi connectivity index (χ2n) is 4.37. The summed E-state index contributed by atoms with van der Waals surface area (Å²) in [6, 6.07) is 10.2. The highest BCUT2D eigenvalue weighted by Gasteiger charge is 2.33. The molecule has 1 aliphatic heterocycles. The average molecular weight is 272 g/mol. The molecule has 1 aliphatic rings. The molecule has 1 atom stereocenters. The second-order valence-corrected chi connectivity index (χ2v) is 4.37. The van der Waals surface area contributed by atoms with Crippen LogP contribution in [0.2, 0.25) is 0 Å². The van der Waals surface area contributed by atoms with E-state index in [2.05, 4.69) is 0 Å². The van der Waals surface area contributed by atoms with Gasteiger partial charge in [-0.3, -0.25) is 14.5 Å². The maximum absolute atomic E-state index is 12.4. The summed E-state index contributed by atoms with van der Waals surface area (Å²) in [6.07, 6.45) is 0.550. The molecule has 0 saturated carbocycles. The number of hydrogen-bond acceptors (Lipinski definition) is 4. The summed E-state index contributed by atoms with van der Waals surface area (Å²) in [5.74, 6) is -0.305. The molecule has 2 amide bonds. The van der Waals surface area contributed by atoms with Gasteiger partial charge in [-0.05, 0) is 24.3 Å². The number of nitrogens with zero attached hydrogens (tertiary/aromatic N) is 1. The van der Waals surface area contributed by atoms with Gasteiger partial charge in [0, 0.05) is 0 Å². The van der Waals surface area contributed by atoms with Gasteiger partial charge in [0.2, 0.25) is 0 Å². The van der Waals surface area contributed by atoms with Gasteiger partial charge in [0.25, 0.3) is 11.8 Å². The first-order chi connectivity index (χ1) is 9.66.